The molecule has 1 unspecified atom stereocenters. The highest BCUT2D eigenvalue weighted by Crippen LogP contribution is 2.35. The Morgan fingerprint density at radius 2 is 1.65 bits per heavy atom. The number of hydrogen-bond donors (Lipinski definition) is 0. The Morgan fingerprint density at radius 3 is 2.20 bits per heavy atom. The third-order valence-electron chi connectivity index (χ3n) is 3.04. The zero-order valence-electron chi connectivity index (χ0n) is 11.3. The number of aryl methyl sites for hydroxylation is 1. The summed E-state index contributed by atoms with van der Waals surface area (Å²) >= 11 is 13.6. The van der Waals surface area contributed by atoms with E-state index in [1.165, 1.54) is 5.56 Å². The SMILES string of the molecule is CCOc1ccc(C(Cl)c2ccc(C)c(Br)c2)cc1Br. The second-order valence-electron chi connectivity index (χ2n) is 4.49. The van der Waals surface area contributed by atoms with Crippen LogP contribution in [0.1, 0.15) is 29.0 Å². The molecule has 1 atom stereocenters. The van der Waals surface area contributed by atoms with E-state index < -0.39 is 0 Å². The van der Waals surface area contributed by atoms with Gasteiger partial charge < -0.3 is 4.74 Å². The Morgan fingerprint density at radius 1 is 1.05 bits per heavy atom. The van der Waals surface area contributed by atoms with Gasteiger partial charge in [-0.15, -0.1) is 11.6 Å². The number of benzene rings is 2. The van der Waals surface area contributed by atoms with Gasteiger partial charge in [-0.2, -0.15) is 0 Å². The monoisotopic (exact) mass is 416 g/mol. The van der Waals surface area contributed by atoms with Gasteiger partial charge in [-0.3, -0.25) is 0 Å². The van der Waals surface area contributed by atoms with Gasteiger partial charge in [0.05, 0.1) is 16.5 Å². The molecule has 0 aliphatic heterocycles. The maximum atomic E-state index is 6.57. The van der Waals surface area contributed by atoms with Gasteiger partial charge in [-0.05, 0) is 64.7 Å². The Labute approximate surface area is 141 Å². The fourth-order valence-corrected chi connectivity index (χ4v) is 3.09. The van der Waals surface area contributed by atoms with E-state index >= 15 is 0 Å². The van der Waals surface area contributed by atoms with E-state index in [9.17, 15) is 0 Å². The molecule has 0 saturated heterocycles. The summed E-state index contributed by atoms with van der Waals surface area (Å²) in [6, 6.07) is 12.1. The molecule has 4 heteroatoms. The summed E-state index contributed by atoms with van der Waals surface area (Å²) in [6.07, 6.45) is 0. The highest BCUT2D eigenvalue weighted by molar-refractivity contribution is 9.10. The minimum absolute atomic E-state index is 0.182. The van der Waals surface area contributed by atoms with Gasteiger partial charge in [0.15, 0.2) is 0 Å². The molecule has 0 aromatic heterocycles. The first-order chi connectivity index (χ1) is 9.52. The predicted octanol–water partition coefficient (Wildman–Crippen LogP) is 6.25. The van der Waals surface area contributed by atoms with Gasteiger partial charge in [-0.1, -0.05) is 34.1 Å². The van der Waals surface area contributed by atoms with Crippen LogP contribution in [0.3, 0.4) is 0 Å². The number of halogens is 3. The van der Waals surface area contributed by atoms with Gasteiger partial charge in [0, 0.05) is 4.47 Å². The van der Waals surface area contributed by atoms with Crippen molar-refractivity contribution in [1.82, 2.24) is 0 Å². The van der Waals surface area contributed by atoms with Crippen LogP contribution in [0.25, 0.3) is 0 Å². The lowest BCUT2D eigenvalue weighted by Gasteiger charge is -2.14. The summed E-state index contributed by atoms with van der Waals surface area (Å²) in [5.41, 5.74) is 3.31. The first-order valence-corrected chi connectivity index (χ1v) is 8.37. The van der Waals surface area contributed by atoms with Crippen molar-refractivity contribution in [2.75, 3.05) is 6.61 Å². The number of alkyl halides is 1. The molecule has 0 amide bonds. The molecule has 2 aromatic rings. The van der Waals surface area contributed by atoms with Crippen molar-refractivity contribution in [3.8, 4) is 5.75 Å². The summed E-state index contributed by atoms with van der Waals surface area (Å²) in [7, 11) is 0. The average molecular weight is 419 g/mol. The van der Waals surface area contributed by atoms with Gasteiger partial charge in [0.25, 0.3) is 0 Å². The molecule has 0 aliphatic carbocycles. The van der Waals surface area contributed by atoms with E-state index in [0.29, 0.717) is 6.61 Å². The van der Waals surface area contributed by atoms with Crippen molar-refractivity contribution in [2.45, 2.75) is 19.2 Å². The standard InChI is InChI=1S/C16H15Br2ClO/c1-3-20-15-7-6-12(9-14(15)18)16(19)11-5-4-10(2)13(17)8-11/h4-9,16H,3H2,1-2H3. The normalized spacial score (nSPS) is 12.2. The molecular weight excluding hydrogens is 403 g/mol. The van der Waals surface area contributed by atoms with Gasteiger partial charge in [0.2, 0.25) is 0 Å². The summed E-state index contributed by atoms with van der Waals surface area (Å²) in [5, 5.41) is -0.182. The van der Waals surface area contributed by atoms with Crippen LogP contribution >= 0.6 is 43.5 Å². The Bertz CT molecular complexity index is 613. The fourth-order valence-electron chi connectivity index (χ4n) is 1.91. The summed E-state index contributed by atoms with van der Waals surface area (Å²) < 4.78 is 7.51. The maximum Gasteiger partial charge on any atom is 0.133 e. The zero-order chi connectivity index (χ0) is 14.7. The van der Waals surface area contributed by atoms with Gasteiger partial charge in [-0.25, -0.2) is 0 Å². The highest BCUT2D eigenvalue weighted by atomic mass is 79.9. The fraction of sp³-hybridized carbons (Fsp3) is 0.250. The van der Waals surface area contributed by atoms with Gasteiger partial charge >= 0.3 is 0 Å². The van der Waals surface area contributed by atoms with Crippen LogP contribution in [0.5, 0.6) is 5.75 Å². The second kappa shape index (κ2) is 6.97. The zero-order valence-corrected chi connectivity index (χ0v) is 15.2. The second-order valence-corrected chi connectivity index (χ2v) is 6.64. The van der Waals surface area contributed by atoms with Crippen molar-refractivity contribution in [3.05, 3.63) is 62.0 Å². The van der Waals surface area contributed by atoms with Crippen LogP contribution in [0, 0.1) is 6.92 Å². The molecular formula is C16H15Br2ClO. The number of rotatable bonds is 4. The molecule has 1 nitrogen and oxygen atoms in total. The van der Waals surface area contributed by atoms with Crippen LogP contribution in [0.15, 0.2) is 45.3 Å². The average Bonchev–Trinajstić information content (AvgIpc) is 2.43. The van der Waals surface area contributed by atoms with Crippen molar-refractivity contribution in [3.63, 3.8) is 0 Å². The first kappa shape index (κ1) is 15.9. The molecule has 0 fully saturated rings. The largest absolute Gasteiger partial charge is 0.493 e. The Kier molecular flexibility index (Phi) is 5.53. The Balaban J connectivity index is 2.30. The molecule has 0 saturated carbocycles. The molecule has 0 heterocycles. The Hall–Kier alpha value is -0.510. The van der Waals surface area contributed by atoms with E-state index in [-0.39, 0.29) is 5.38 Å². The number of hydrogen-bond acceptors (Lipinski definition) is 1. The maximum absolute atomic E-state index is 6.57. The van der Waals surface area contributed by atoms with Crippen LogP contribution in [0.4, 0.5) is 0 Å². The first-order valence-electron chi connectivity index (χ1n) is 6.35. The number of ether oxygens (including phenoxy) is 1. The smallest absolute Gasteiger partial charge is 0.133 e. The molecule has 0 spiro atoms. The lowest BCUT2D eigenvalue weighted by atomic mass is 10.0. The van der Waals surface area contributed by atoms with E-state index in [2.05, 4.69) is 57.0 Å². The minimum Gasteiger partial charge on any atom is -0.493 e. The third kappa shape index (κ3) is 3.57. The quantitative estimate of drug-likeness (QED) is 0.534. The molecule has 2 aromatic carbocycles. The highest BCUT2D eigenvalue weighted by Gasteiger charge is 2.13. The summed E-state index contributed by atoms with van der Waals surface area (Å²) in [4.78, 5) is 0. The molecule has 0 bridgehead atoms. The van der Waals surface area contributed by atoms with Crippen molar-refractivity contribution < 1.29 is 4.74 Å². The van der Waals surface area contributed by atoms with Crippen LogP contribution in [0.2, 0.25) is 0 Å². The molecule has 0 N–H and O–H groups in total. The van der Waals surface area contributed by atoms with E-state index in [1.807, 2.05) is 25.1 Å². The molecule has 2 rings (SSSR count). The van der Waals surface area contributed by atoms with E-state index in [4.69, 9.17) is 16.3 Å². The lowest BCUT2D eigenvalue weighted by molar-refractivity contribution is 0.338. The molecule has 0 aliphatic rings. The molecule has 106 valence electrons. The third-order valence-corrected chi connectivity index (χ3v) is 5.01. The van der Waals surface area contributed by atoms with Crippen molar-refractivity contribution in [1.29, 1.82) is 0 Å². The van der Waals surface area contributed by atoms with Crippen molar-refractivity contribution in [2.24, 2.45) is 0 Å². The topological polar surface area (TPSA) is 9.23 Å². The van der Waals surface area contributed by atoms with Crippen LogP contribution in [-0.4, -0.2) is 6.61 Å². The summed E-state index contributed by atoms with van der Waals surface area (Å²) in [6.45, 7) is 4.67. The predicted molar refractivity (Wildman–Crippen MR) is 91.9 cm³/mol. The molecule has 0 radical (unpaired) electrons. The van der Waals surface area contributed by atoms with Crippen molar-refractivity contribution >= 4 is 43.5 Å². The minimum atomic E-state index is -0.182. The van der Waals surface area contributed by atoms with E-state index in [0.717, 1.165) is 25.8 Å². The van der Waals surface area contributed by atoms with Crippen LogP contribution < -0.4 is 4.74 Å². The summed E-state index contributed by atoms with van der Waals surface area (Å²) in [5.74, 6) is 0.838. The molecule has 20 heavy (non-hydrogen) atoms. The van der Waals surface area contributed by atoms with Crippen LogP contribution in [-0.2, 0) is 0 Å². The van der Waals surface area contributed by atoms with Gasteiger partial charge in [0.1, 0.15) is 5.75 Å². The van der Waals surface area contributed by atoms with E-state index in [1.54, 1.807) is 0 Å². The lowest BCUT2D eigenvalue weighted by Crippen LogP contribution is -1.97.